The average Bonchev–Trinajstić information content (AvgIpc) is 3.04. The number of benzene rings is 1. The van der Waals surface area contributed by atoms with Crippen molar-refractivity contribution in [2.24, 2.45) is 0 Å². The molecular weight excluding hydrogens is 228 g/mol. The Morgan fingerprint density at radius 1 is 1.33 bits per heavy atom. The highest BCUT2D eigenvalue weighted by molar-refractivity contribution is 6.07. The summed E-state index contributed by atoms with van der Waals surface area (Å²) in [7, 11) is 1.63. The Morgan fingerprint density at radius 2 is 2.22 bits per heavy atom. The highest BCUT2D eigenvalue weighted by Crippen LogP contribution is 2.25. The monoisotopic (exact) mass is 240 g/mol. The molecule has 0 saturated carbocycles. The Labute approximate surface area is 103 Å². The molecule has 2 heterocycles. The third-order valence-electron chi connectivity index (χ3n) is 2.91. The van der Waals surface area contributed by atoms with Gasteiger partial charge in [0.25, 0.3) is 5.91 Å². The zero-order chi connectivity index (χ0) is 12.5. The first kappa shape index (κ1) is 10.6. The fourth-order valence-corrected chi connectivity index (χ4v) is 2.04. The quantitative estimate of drug-likeness (QED) is 0.640. The molecule has 1 amide bonds. The standard InChI is InChI=1S/C13H12N4O/c1-14-13(18)8-3-2-4-10-9(8)7-12(16-10)11-5-6-15-17-11/h2-7,16H,1H3,(H,14,18)(H,15,17). The molecule has 18 heavy (non-hydrogen) atoms. The minimum Gasteiger partial charge on any atom is -0.355 e. The second-order valence-electron chi connectivity index (χ2n) is 3.99. The first-order valence-electron chi connectivity index (χ1n) is 5.63. The van der Waals surface area contributed by atoms with Gasteiger partial charge in [-0.2, -0.15) is 5.10 Å². The molecular formula is C13H12N4O. The lowest BCUT2D eigenvalue weighted by Crippen LogP contribution is -2.17. The molecule has 0 saturated heterocycles. The minimum atomic E-state index is -0.0897. The van der Waals surface area contributed by atoms with Crippen LogP contribution in [0.25, 0.3) is 22.3 Å². The highest BCUT2D eigenvalue weighted by atomic mass is 16.1. The first-order chi connectivity index (χ1) is 8.79. The number of carbonyl (C=O) groups is 1. The Balaban J connectivity index is 2.20. The van der Waals surface area contributed by atoms with E-state index in [1.807, 2.05) is 30.3 Å². The lowest BCUT2D eigenvalue weighted by molar-refractivity contribution is 0.0965. The Hall–Kier alpha value is -2.56. The SMILES string of the molecule is CNC(=O)c1cccc2[nH]c(-c3cc[nH]n3)cc12. The number of rotatable bonds is 2. The van der Waals surface area contributed by atoms with Crippen molar-refractivity contribution in [1.29, 1.82) is 0 Å². The van der Waals surface area contributed by atoms with E-state index < -0.39 is 0 Å². The number of aromatic nitrogens is 3. The van der Waals surface area contributed by atoms with Crippen molar-refractivity contribution < 1.29 is 4.79 Å². The van der Waals surface area contributed by atoms with Crippen molar-refractivity contribution in [3.05, 3.63) is 42.1 Å². The molecule has 3 aromatic rings. The van der Waals surface area contributed by atoms with Gasteiger partial charge in [0.2, 0.25) is 0 Å². The molecule has 0 aliphatic carbocycles. The van der Waals surface area contributed by atoms with Crippen molar-refractivity contribution in [2.45, 2.75) is 0 Å². The van der Waals surface area contributed by atoms with Gasteiger partial charge in [-0.3, -0.25) is 9.89 Å². The summed E-state index contributed by atoms with van der Waals surface area (Å²) in [5.41, 5.74) is 3.30. The zero-order valence-corrected chi connectivity index (χ0v) is 9.82. The molecule has 0 aliphatic rings. The van der Waals surface area contributed by atoms with Crippen LogP contribution in [0.5, 0.6) is 0 Å². The van der Waals surface area contributed by atoms with Gasteiger partial charge in [0.05, 0.1) is 5.69 Å². The van der Waals surface area contributed by atoms with Crippen LogP contribution in [0.3, 0.4) is 0 Å². The highest BCUT2D eigenvalue weighted by Gasteiger charge is 2.12. The van der Waals surface area contributed by atoms with Crippen molar-refractivity contribution in [3.8, 4) is 11.4 Å². The molecule has 0 atom stereocenters. The molecule has 1 aromatic carbocycles. The maximum absolute atomic E-state index is 11.8. The van der Waals surface area contributed by atoms with Gasteiger partial charge < -0.3 is 10.3 Å². The van der Waals surface area contributed by atoms with E-state index >= 15 is 0 Å². The van der Waals surface area contributed by atoms with E-state index in [-0.39, 0.29) is 5.91 Å². The third kappa shape index (κ3) is 1.57. The van der Waals surface area contributed by atoms with E-state index in [1.165, 1.54) is 0 Å². The summed E-state index contributed by atoms with van der Waals surface area (Å²) in [6, 6.07) is 9.43. The lowest BCUT2D eigenvalue weighted by Gasteiger charge is -2.00. The van der Waals surface area contributed by atoms with E-state index in [4.69, 9.17) is 0 Å². The van der Waals surface area contributed by atoms with Gasteiger partial charge in [-0.15, -0.1) is 0 Å². The molecule has 2 aromatic heterocycles. The van der Waals surface area contributed by atoms with Gasteiger partial charge >= 0.3 is 0 Å². The van der Waals surface area contributed by atoms with Crippen LogP contribution in [0.1, 0.15) is 10.4 Å². The van der Waals surface area contributed by atoms with Gasteiger partial charge in [0, 0.05) is 29.7 Å². The molecule has 0 aliphatic heterocycles. The summed E-state index contributed by atoms with van der Waals surface area (Å²) in [5, 5.41) is 10.4. The molecule has 5 heteroatoms. The summed E-state index contributed by atoms with van der Waals surface area (Å²) in [6.45, 7) is 0. The summed E-state index contributed by atoms with van der Waals surface area (Å²) in [6.07, 6.45) is 1.76. The maximum Gasteiger partial charge on any atom is 0.251 e. The van der Waals surface area contributed by atoms with Crippen LogP contribution < -0.4 is 5.32 Å². The largest absolute Gasteiger partial charge is 0.355 e. The second-order valence-corrected chi connectivity index (χ2v) is 3.99. The second kappa shape index (κ2) is 4.03. The average molecular weight is 240 g/mol. The van der Waals surface area contributed by atoms with Crippen LogP contribution in [-0.2, 0) is 0 Å². The van der Waals surface area contributed by atoms with E-state index in [1.54, 1.807) is 13.2 Å². The number of amides is 1. The summed E-state index contributed by atoms with van der Waals surface area (Å²) < 4.78 is 0. The Morgan fingerprint density at radius 3 is 2.94 bits per heavy atom. The molecule has 0 bridgehead atoms. The summed E-state index contributed by atoms with van der Waals surface area (Å²) in [5.74, 6) is -0.0897. The predicted octanol–water partition coefficient (Wildman–Crippen LogP) is 1.92. The van der Waals surface area contributed by atoms with E-state index in [2.05, 4.69) is 20.5 Å². The summed E-state index contributed by atoms with van der Waals surface area (Å²) in [4.78, 5) is 15.0. The number of aromatic amines is 2. The first-order valence-corrected chi connectivity index (χ1v) is 5.63. The number of hydrogen-bond donors (Lipinski definition) is 3. The third-order valence-corrected chi connectivity index (χ3v) is 2.91. The van der Waals surface area contributed by atoms with E-state index in [0.29, 0.717) is 5.56 Å². The number of hydrogen-bond acceptors (Lipinski definition) is 2. The topological polar surface area (TPSA) is 73.6 Å². The molecule has 3 rings (SSSR count). The molecule has 0 spiro atoms. The van der Waals surface area contributed by atoms with Crippen LogP contribution in [0, 0.1) is 0 Å². The number of nitrogens with zero attached hydrogens (tertiary/aromatic N) is 1. The summed E-state index contributed by atoms with van der Waals surface area (Å²) >= 11 is 0. The van der Waals surface area contributed by atoms with Gasteiger partial charge in [0.1, 0.15) is 5.69 Å². The Kier molecular flexibility index (Phi) is 2.37. The predicted molar refractivity (Wildman–Crippen MR) is 69.3 cm³/mol. The fraction of sp³-hybridized carbons (Fsp3) is 0.0769. The fourth-order valence-electron chi connectivity index (χ4n) is 2.04. The zero-order valence-electron chi connectivity index (χ0n) is 9.82. The van der Waals surface area contributed by atoms with E-state index in [9.17, 15) is 4.79 Å². The molecule has 5 nitrogen and oxygen atoms in total. The van der Waals surface area contributed by atoms with Crippen molar-refractivity contribution >= 4 is 16.8 Å². The number of H-pyrrole nitrogens is 2. The number of nitrogens with one attached hydrogen (secondary N) is 3. The van der Waals surface area contributed by atoms with Crippen molar-refractivity contribution in [1.82, 2.24) is 20.5 Å². The minimum absolute atomic E-state index is 0.0897. The van der Waals surface area contributed by atoms with Crippen LogP contribution in [0.15, 0.2) is 36.5 Å². The van der Waals surface area contributed by atoms with Crippen LogP contribution in [-0.4, -0.2) is 28.1 Å². The van der Waals surface area contributed by atoms with Crippen LogP contribution in [0.4, 0.5) is 0 Å². The molecule has 0 radical (unpaired) electrons. The lowest BCUT2D eigenvalue weighted by atomic mass is 10.1. The molecule has 3 N–H and O–H groups in total. The van der Waals surface area contributed by atoms with E-state index in [0.717, 1.165) is 22.3 Å². The van der Waals surface area contributed by atoms with Crippen LogP contribution >= 0.6 is 0 Å². The number of fused-ring (bicyclic) bond motifs is 1. The van der Waals surface area contributed by atoms with Crippen molar-refractivity contribution in [3.63, 3.8) is 0 Å². The maximum atomic E-state index is 11.8. The van der Waals surface area contributed by atoms with Gasteiger partial charge in [-0.25, -0.2) is 0 Å². The van der Waals surface area contributed by atoms with Gasteiger partial charge in [0.15, 0.2) is 0 Å². The molecule has 0 fully saturated rings. The smallest absolute Gasteiger partial charge is 0.251 e. The molecule has 0 unspecified atom stereocenters. The normalized spacial score (nSPS) is 10.7. The molecule has 90 valence electrons. The van der Waals surface area contributed by atoms with Gasteiger partial charge in [-0.1, -0.05) is 6.07 Å². The van der Waals surface area contributed by atoms with Crippen molar-refractivity contribution in [2.75, 3.05) is 7.05 Å². The van der Waals surface area contributed by atoms with Crippen LogP contribution in [0.2, 0.25) is 0 Å². The van der Waals surface area contributed by atoms with Gasteiger partial charge in [-0.05, 0) is 24.3 Å². The Bertz CT molecular complexity index is 697. The number of carbonyl (C=O) groups excluding carboxylic acids is 1.